The number of ketones is 1. The Morgan fingerprint density at radius 3 is 2.53 bits per heavy atom. The Morgan fingerprint density at radius 2 is 2.00 bits per heavy atom. The van der Waals surface area contributed by atoms with Gasteiger partial charge in [-0.25, -0.2) is 4.39 Å². The lowest BCUT2D eigenvalue weighted by Crippen LogP contribution is -2.15. The lowest BCUT2D eigenvalue weighted by atomic mass is 10.1. The van der Waals surface area contributed by atoms with Gasteiger partial charge in [-0.3, -0.25) is 4.79 Å². The summed E-state index contributed by atoms with van der Waals surface area (Å²) >= 11 is 1.39. The highest BCUT2D eigenvalue weighted by Crippen LogP contribution is 2.27. The number of halogens is 1. The molecule has 0 fully saturated rings. The molecule has 0 amide bonds. The number of hydrogen-bond acceptors (Lipinski definition) is 2. The smallest absolute Gasteiger partial charge is 0.160 e. The van der Waals surface area contributed by atoms with E-state index in [1.54, 1.807) is 6.07 Å². The highest BCUT2D eigenvalue weighted by Gasteiger charge is 2.17. The van der Waals surface area contributed by atoms with Crippen LogP contribution in [-0.2, 0) is 0 Å². The fourth-order valence-corrected chi connectivity index (χ4v) is 2.17. The number of hydrogen-bond donors (Lipinski definition) is 0. The predicted molar refractivity (Wildman–Crippen MR) is 62.4 cm³/mol. The van der Waals surface area contributed by atoms with Crippen LogP contribution in [-0.4, -0.2) is 17.2 Å². The number of Topliss-reactive ketones (excluding diaryl/α,β-unsaturated/α-hetero) is 1. The van der Waals surface area contributed by atoms with E-state index in [-0.39, 0.29) is 5.78 Å². The second kappa shape index (κ2) is 4.79. The van der Waals surface area contributed by atoms with Gasteiger partial charge in [-0.2, -0.15) is 0 Å². The summed E-state index contributed by atoms with van der Waals surface area (Å²) in [7, 11) is 0. The van der Waals surface area contributed by atoms with Crippen molar-refractivity contribution in [3.05, 3.63) is 29.8 Å². The third-order valence-electron chi connectivity index (χ3n) is 1.84. The maximum Gasteiger partial charge on any atom is 0.160 e. The number of alkyl halides is 1. The molecule has 0 spiro atoms. The summed E-state index contributed by atoms with van der Waals surface area (Å²) in [5, 5.41) is 0. The van der Waals surface area contributed by atoms with Gasteiger partial charge in [0.25, 0.3) is 0 Å². The molecule has 0 aliphatic rings. The summed E-state index contributed by atoms with van der Waals surface area (Å²) in [5.41, 5.74) is -0.541. The van der Waals surface area contributed by atoms with E-state index in [9.17, 15) is 9.18 Å². The molecule has 3 heteroatoms. The third kappa shape index (κ3) is 4.04. The van der Waals surface area contributed by atoms with Gasteiger partial charge in [-0.15, -0.1) is 11.8 Å². The van der Waals surface area contributed by atoms with Gasteiger partial charge in [0.2, 0.25) is 0 Å². The van der Waals surface area contributed by atoms with E-state index in [1.807, 2.05) is 18.2 Å². The first-order valence-corrected chi connectivity index (χ1v) is 5.80. The average molecular weight is 226 g/mol. The molecule has 0 radical (unpaired) electrons. The molecule has 1 nitrogen and oxygen atoms in total. The van der Waals surface area contributed by atoms with Crippen LogP contribution in [0.2, 0.25) is 0 Å². The van der Waals surface area contributed by atoms with Gasteiger partial charge in [0.05, 0.1) is 0 Å². The van der Waals surface area contributed by atoms with Crippen LogP contribution in [0.1, 0.15) is 31.1 Å². The van der Waals surface area contributed by atoms with Crippen molar-refractivity contribution in [1.82, 2.24) is 0 Å². The molecule has 0 unspecified atom stereocenters. The summed E-state index contributed by atoms with van der Waals surface area (Å²) in [6, 6.07) is 7.31. The standard InChI is InChI=1S/C12H15FOS/c1-9(14)10-6-4-5-7-11(10)15-8-12(2,3)13/h4-7H,8H2,1-3H3. The molecular weight excluding hydrogens is 211 g/mol. The molecule has 82 valence electrons. The van der Waals surface area contributed by atoms with E-state index in [0.29, 0.717) is 11.3 Å². The number of carbonyl (C=O) groups excluding carboxylic acids is 1. The van der Waals surface area contributed by atoms with Crippen LogP contribution in [0.15, 0.2) is 29.2 Å². The lowest BCUT2D eigenvalue weighted by Gasteiger charge is -2.14. The zero-order valence-electron chi connectivity index (χ0n) is 9.21. The molecule has 15 heavy (non-hydrogen) atoms. The van der Waals surface area contributed by atoms with E-state index < -0.39 is 5.67 Å². The molecule has 1 rings (SSSR count). The first-order valence-electron chi connectivity index (χ1n) is 4.82. The van der Waals surface area contributed by atoms with Gasteiger partial charge in [-0.05, 0) is 26.8 Å². The van der Waals surface area contributed by atoms with Crippen LogP contribution >= 0.6 is 11.8 Å². The molecular formula is C12H15FOS. The third-order valence-corrected chi connectivity index (χ3v) is 3.34. The number of thioether (sulfide) groups is 1. The van der Waals surface area contributed by atoms with Crippen LogP contribution in [0.25, 0.3) is 0 Å². The molecule has 0 aliphatic carbocycles. The van der Waals surface area contributed by atoms with Gasteiger partial charge in [0, 0.05) is 16.2 Å². The van der Waals surface area contributed by atoms with Crippen molar-refractivity contribution in [3.63, 3.8) is 0 Å². The first kappa shape index (κ1) is 12.2. The van der Waals surface area contributed by atoms with E-state index in [1.165, 1.54) is 32.5 Å². The minimum atomic E-state index is -1.21. The average Bonchev–Trinajstić information content (AvgIpc) is 2.14. The quantitative estimate of drug-likeness (QED) is 0.575. The summed E-state index contributed by atoms with van der Waals surface area (Å²) in [4.78, 5) is 12.1. The largest absolute Gasteiger partial charge is 0.294 e. The fourth-order valence-electron chi connectivity index (χ4n) is 1.13. The maximum atomic E-state index is 13.3. The Hall–Kier alpha value is -0.830. The van der Waals surface area contributed by atoms with Crippen molar-refractivity contribution >= 4 is 17.5 Å². The molecule has 0 saturated heterocycles. The second-order valence-electron chi connectivity index (χ2n) is 4.06. The van der Waals surface area contributed by atoms with E-state index in [0.717, 1.165) is 4.90 Å². The minimum Gasteiger partial charge on any atom is -0.294 e. The molecule has 0 saturated carbocycles. The van der Waals surface area contributed by atoms with E-state index in [4.69, 9.17) is 0 Å². The number of carbonyl (C=O) groups is 1. The second-order valence-corrected chi connectivity index (χ2v) is 5.08. The van der Waals surface area contributed by atoms with Crippen LogP contribution in [0.4, 0.5) is 4.39 Å². The van der Waals surface area contributed by atoms with E-state index in [2.05, 4.69) is 0 Å². The molecule has 0 aromatic heterocycles. The van der Waals surface area contributed by atoms with Crippen molar-refractivity contribution in [1.29, 1.82) is 0 Å². The van der Waals surface area contributed by atoms with Crippen molar-refractivity contribution in [3.8, 4) is 0 Å². The zero-order chi connectivity index (χ0) is 11.5. The van der Waals surface area contributed by atoms with Crippen molar-refractivity contribution < 1.29 is 9.18 Å². The Balaban J connectivity index is 2.81. The molecule has 0 N–H and O–H groups in total. The summed E-state index contributed by atoms with van der Waals surface area (Å²) in [6.07, 6.45) is 0. The lowest BCUT2D eigenvalue weighted by molar-refractivity contribution is 0.101. The number of benzene rings is 1. The molecule has 1 aromatic carbocycles. The highest BCUT2D eigenvalue weighted by molar-refractivity contribution is 7.99. The number of rotatable bonds is 4. The first-order chi connectivity index (χ1) is 6.90. The van der Waals surface area contributed by atoms with Gasteiger partial charge in [-0.1, -0.05) is 18.2 Å². The topological polar surface area (TPSA) is 17.1 Å². The minimum absolute atomic E-state index is 0.0229. The summed E-state index contributed by atoms with van der Waals surface area (Å²) < 4.78 is 13.3. The fraction of sp³-hybridized carbons (Fsp3) is 0.417. The maximum absolute atomic E-state index is 13.3. The Bertz CT molecular complexity index is 355. The van der Waals surface area contributed by atoms with Crippen molar-refractivity contribution in [2.24, 2.45) is 0 Å². The van der Waals surface area contributed by atoms with Gasteiger partial charge in [0.15, 0.2) is 5.78 Å². The molecule has 0 heterocycles. The SMILES string of the molecule is CC(=O)c1ccccc1SCC(C)(C)F. The summed E-state index contributed by atoms with van der Waals surface area (Å²) in [6.45, 7) is 4.60. The normalized spacial score (nSPS) is 11.5. The van der Waals surface area contributed by atoms with Crippen LogP contribution in [0, 0.1) is 0 Å². The molecule has 0 aliphatic heterocycles. The van der Waals surface area contributed by atoms with Crippen molar-refractivity contribution in [2.75, 3.05) is 5.75 Å². The predicted octanol–water partition coefficient (Wildman–Crippen LogP) is 3.73. The van der Waals surface area contributed by atoms with Crippen LogP contribution in [0.5, 0.6) is 0 Å². The monoisotopic (exact) mass is 226 g/mol. The van der Waals surface area contributed by atoms with Gasteiger partial charge in [0.1, 0.15) is 5.67 Å². The van der Waals surface area contributed by atoms with Gasteiger partial charge < -0.3 is 0 Å². The van der Waals surface area contributed by atoms with Gasteiger partial charge >= 0.3 is 0 Å². The molecule has 1 aromatic rings. The Morgan fingerprint density at radius 1 is 1.40 bits per heavy atom. The van der Waals surface area contributed by atoms with Crippen molar-refractivity contribution in [2.45, 2.75) is 31.3 Å². The molecule has 0 bridgehead atoms. The zero-order valence-corrected chi connectivity index (χ0v) is 10.0. The summed E-state index contributed by atoms with van der Waals surface area (Å²) in [5.74, 6) is 0.381. The van der Waals surface area contributed by atoms with Crippen LogP contribution < -0.4 is 0 Å². The highest BCUT2D eigenvalue weighted by atomic mass is 32.2. The van der Waals surface area contributed by atoms with Crippen LogP contribution in [0.3, 0.4) is 0 Å². The Labute approximate surface area is 94.1 Å². The molecule has 0 atom stereocenters. The van der Waals surface area contributed by atoms with E-state index >= 15 is 0 Å². The Kier molecular flexibility index (Phi) is 3.91.